The first-order valence-corrected chi connectivity index (χ1v) is 5.19. The molecule has 0 saturated carbocycles. The number of hydrogen-bond acceptors (Lipinski definition) is 3. The summed E-state index contributed by atoms with van der Waals surface area (Å²) >= 11 is 0. The van der Waals surface area contributed by atoms with Gasteiger partial charge in [0.1, 0.15) is 5.72 Å². The summed E-state index contributed by atoms with van der Waals surface area (Å²) in [7, 11) is 0. The van der Waals surface area contributed by atoms with Gasteiger partial charge in [-0.2, -0.15) is 0 Å². The van der Waals surface area contributed by atoms with Gasteiger partial charge in [0.2, 0.25) is 0 Å². The Labute approximate surface area is 79.8 Å². The van der Waals surface area contributed by atoms with Gasteiger partial charge in [-0.15, -0.1) is 0 Å². The predicted molar refractivity (Wildman–Crippen MR) is 50.6 cm³/mol. The minimum atomic E-state index is -0.164. The molecule has 0 amide bonds. The molecule has 3 nitrogen and oxygen atoms in total. The summed E-state index contributed by atoms with van der Waals surface area (Å²) in [5, 5.41) is 3.61. The van der Waals surface area contributed by atoms with Crippen LogP contribution in [0.15, 0.2) is 0 Å². The molecule has 2 rings (SSSR count). The summed E-state index contributed by atoms with van der Waals surface area (Å²) in [4.78, 5) is 0. The monoisotopic (exact) mass is 185 g/mol. The van der Waals surface area contributed by atoms with Crippen molar-refractivity contribution in [2.75, 3.05) is 19.8 Å². The van der Waals surface area contributed by atoms with E-state index in [1.807, 2.05) is 0 Å². The van der Waals surface area contributed by atoms with Gasteiger partial charge in [0.15, 0.2) is 0 Å². The fraction of sp³-hybridized carbons (Fsp3) is 1.00. The molecule has 1 N–H and O–H groups in total. The molecule has 13 heavy (non-hydrogen) atoms. The van der Waals surface area contributed by atoms with Crippen LogP contribution in [0, 0.1) is 0 Å². The number of nitrogens with one attached hydrogen (secondary N) is 1. The highest BCUT2D eigenvalue weighted by Crippen LogP contribution is 2.31. The molecule has 0 aromatic carbocycles. The van der Waals surface area contributed by atoms with Gasteiger partial charge in [-0.25, -0.2) is 0 Å². The van der Waals surface area contributed by atoms with Gasteiger partial charge in [-0.3, -0.25) is 5.32 Å². The van der Waals surface area contributed by atoms with Crippen LogP contribution in [-0.2, 0) is 9.47 Å². The summed E-state index contributed by atoms with van der Waals surface area (Å²) in [5.41, 5.74) is 0.0783. The third-order valence-electron chi connectivity index (χ3n) is 3.33. The van der Waals surface area contributed by atoms with E-state index in [1.54, 1.807) is 0 Å². The minimum Gasteiger partial charge on any atom is -0.377 e. The lowest BCUT2D eigenvalue weighted by Crippen LogP contribution is -2.62. The van der Waals surface area contributed by atoms with Crippen LogP contribution in [0.1, 0.15) is 33.1 Å². The predicted octanol–water partition coefficient (Wildman–Crippen LogP) is 1.28. The fourth-order valence-electron chi connectivity index (χ4n) is 2.14. The lowest BCUT2D eigenvalue weighted by atomic mass is 9.90. The molecule has 76 valence electrons. The molecule has 2 unspecified atom stereocenters. The first-order chi connectivity index (χ1) is 6.18. The van der Waals surface area contributed by atoms with E-state index in [4.69, 9.17) is 9.47 Å². The molecule has 2 atom stereocenters. The Hall–Kier alpha value is -0.120. The Balaban J connectivity index is 2.06. The maximum absolute atomic E-state index is 5.79. The van der Waals surface area contributed by atoms with Crippen LogP contribution in [0.3, 0.4) is 0 Å². The molecule has 0 radical (unpaired) electrons. The largest absolute Gasteiger partial charge is 0.377 e. The molecule has 2 saturated heterocycles. The average molecular weight is 185 g/mol. The molecule has 0 aliphatic carbocycles. The molecule has 0 aromatic heterocycles. The lowest BCUT2D eigenvalue weighted by molar-refractivity contribution is -0.129. The van der Waals surface area contributed by atoms with Crippen LogP contribution in [0.4, 0.5) is 0 Å². The van der Waals surface area contributed by atoms with Crippen LogP contribution in [0.25, 0.3) is 0 Å². The smallest absolute Gasteiger partial charge is 0.145 e. The highest BCUT2D eigenvalue weighted by molar-refractivity contribution is 4.95. The van der Waals surface area contributed by atoms with Crippen LogP contribution in [0.2, 0.25) is 0 Å². The molecule has 0 bridgehead atoms. The topological polar surface area (TPSA) is 30.5 Å². The van der Waals surface area contributed by atoms with E-state index < -0.39 is 0 Å². The zero-order chi connectivity index (χ0) is 9.36. The normalized spacial score (nSPS) is 45.7. The van der Waals surface area contributed by atoms with Gasteiger partial charge >= 0.3 is 0 Å². The Bertz CT molecular complexity index is 189. The maximum Gasteiger partial charge on any atom is 0.145 e. The van der Waals surface area contributed by atoms with Gasteiger partial charge < -0.3 is 9.47 Å². The third kappa shape index (κ3) is 1.73. The van der Waals surface area contributed by atoms with Crippen LogP contribution < -0.4 is 5.32 Å². The summed E-state index contributed by atoms with van der Waals surface area (Å²) in [6.07, 6.45) is 3.24. The summed E-state index contributed by atoms with van der Waals surface area (Å²) in [5.74, 6) is 0. The SMILES string of the molecule is CCC1(C)CCOC2(CCOC2)N1. The summed E-state index contributed by atoms with van der Waals surface area (Å²) < 4.78 is 11.2. The van der Waals surface area contributed by atoms with E-state index in [-0.39, 0.29) is 11.3 Å². The zero-order valence-corrected chi connectivity index (χ0v) is 8.56. The van der Waals surface area contributed by atoms with Crippen molar-refractivity contribution in [3.63, 3.8) is 0 Å². The quantitative estimate of drug-likeness (QED) is 0.667. The zero-order valence-electron chi connectivity index (χ0n) is 8.56. The third-order valence-corrected chi connectivity index (χ3v) is 3.33. The summed E-state index contributed by atoms with van der Waals surface area (Å²) in [6.45, 7) is 6.90. The van der Waals surface area contributed by atoms with Crippen molar-refractivity contribution < 1.29 is 9.47 Å². The number of hydrogen-bond donors (Lipinski definition) is 1. The molecule has 2 heterocycles. The standard InChI is InChI=1S/C10H19NO2/c1-3-9(2)4-7-13-10(11-9)5-6-12-8-10/h11H,3-8H2,1-2H3. The van der Waals surface area contributed by atoms with Crippen LogP contribution in [0.5, 0.6) is 0 Å². The molecule has 2 aliphatic rings. The highest BCUT2D eigenvalue weighted by Gasteiger charge is 2.44. The molecule has 2 aliphatic heterocycles. The Morgan fingerprint density at radius 3 is 2.77 bits per heavy atom. The Morgan fingerprint density at radius 1 is 1.31 bits per heavy atom. The molecule has 0 aromatic rings. The minimum absolute atomic E-state index is 0.164. The molecule has 2 fully saturated rings. The van der Waals surface area contributed by atoms with Crippen molar-refractivity contribution in [1.82, 2.24) is 5.32 Å². The molecular weight excluding hydrogens is 166 g/mol. The van der Waals surface area contributed by atoms with Gasteiger partial charge in [-0.1, -0.05) is 6.92 Å². The second-order valence-electron chi connectivity index (χ2n) is 4.43. The van der Waals surface area contributed by atoms with Gasteiger partial charge in [-0.05, 0) is 19.8 Å². The van der Waals surface area contributed by atoms with E-state index >= 15 is 0 Å². The van der Waals surface area contributed by atoms with Crippen molar-refractivity contribution in [2.45, 2.75) is 44.4 Å². The maximum atomic E-state index is 5.79. The van der Waals surface area contributed by atoms with E-state index in [9.17, 15) is 0 Å². The van der Waals surface area contributed by atoms with E-state index in [1.165, 1.54) is 0 Å². The van der Waals surface area contributed by atoms with Crippen molar-refractivity contribution in [3.05, 3.63) is 0 Å². The fourth-order valence-corrected chi connectivity index (χ4v) is 2.14. The number of rotatable bonds is 1. The highest BCUT2D eigenvalue weighted by atomic mass is 16.6. The number of ether oxygens (including phenoxy) is 2. The van der Waals surface area contributed by atoms with E-state index in [0.717, 1.165) is 32.5 Å². The van der Waals surface area contributed by atoms with E-state index in [2.05, 4.69) is 19.2 Å². The first kappa shape index (κ1) is 9.44. The van der Waals surface area contributed by atoms with Gasteiger partial charge in [0, 0.05) is 12.0 Å². The van der Waals surface area contributed by atoms with Crippen molar-refractivity contribution in [3.8, 4) is 0 Å². The second-order valence-corrected chi connectivity index (χ2v) is 4.43. The van der Waals surface area contributed by atoms with Crippen molar-refractivity contribution in [1.29, 1.82) is 0 Å². The first-order valence-electron chi connectivity index (χ1n) is 5.19. The summed E-state index contributed by atoms with van der Waals surface area (Å²) in [6, 6.07) is 0. The molecule has 1 spiro atoms. The van der Waals surface area contributed by atoms with Crippen molar-refractivity contribution in [2.24, 2.45) is 0 Å². The molecular formula is C10H19NO2. The Morgan fingerprint density at radius 2 is 2.15 bits per heavy atom. The molecule has 3 heteroatoms. The Kier molecular flexibility index (Phi) is 2.34. The lowest BCUT2D eigenvalue weighted by Gasteiger charge is -2.45. The van der Waals surface area contributed by atoms with Gasteiger partial charge in [0.25, 0.3) is 0 Å². The van der Waals surface area contributed by atoms with E-state index in [0.29, 0.717) is 6.61 Å². The van der Waals surface area contributed by atoms with Crippen LogP contribution >= 0.6 is 0 Å². The van der Waals surface area contributed by atoms with Crippen LogP contribution in [-0.4, -0.2) is 31.1 Å². The van der Waals surface area contributed by atoms with Gasteiger partial charge in [0.05, 0.1) is 19.8 Å². The van der Waals surface area contributed by atoms with Crippen molar-refractivity contribution >= 4 is 0 Å². The average Bonchev–Trinajstić information content (AvgIpc) is 2.53. The second kappa shape index (κ2) is 3.23.